The molecule has 1 aliphatic rings. The van der Waals surface area contributed by atoms with Gasteiger partial charge >= 0.3 is 0 Å². The van der Waals surface area contributed by atoms with Gasteiger partial charge in [0.25, 0.3) is 0 Å². The fourth-order valence-corrected chi connectivity index (χ4v) is 4.04. The van der Waals surface area contributed by atoms with E-state index >= 15 is 0 Å². The normalized spacial score (nSPS) is 14.5. The van der Waals surface area contributed by atoms with Crippen molar-refractivity contribution in [2.24, 2.45) is 0 Å². The van der Waals surface area contributed by atoms with E-state index in [1.807, 2.05) is 35.2 Å². The molecule has 6 nitrogen and oxygen atoms in total. The highest BCUT2D eigenvalue weighted by Gasteiger charge is 2.22. The van der Waals surface area contributed by atoms with Gasteiger partial charge < -0.3 is 14.4 Å². The van der Waals surface area contributed by atoms with E-state index in [1.54, 1.807) is 6.33 Å². The van der Waals surface area contributed by atoms with Gasteiger partial charge in [0.2, 0.25) is 0 Å². The number of benzene rings is 2. The van der Waals surface area contributed by atoms with E-state index < -0.39 is 0 Å². The van der Waals surface area contributed by atoms with Crippen LogP contribution in [0.15, 0.2) is 67.3 Å². The molecular formula is C22H21ClN6. The van der Waals surface area contributed by atoms with Crippen LogP contribution in [0, 0.1) is 0 Å². The summed E-state index contributed by atoms with van der Waals surface area (Å²) in [5, 5.41) is 0.751. The number of nitrogens with zero attached hydrogens (tertiary/aromatic N) is 6. The smallest absolute Gasteiger partial charge is 0.165 e. The average molecular weight is 405 g/mol. The maximum Gasteiger partial charge on any atom is 0.165 e. The third kappa shape index (κ3) is 3.51. The van der Waals surface area contributed by atoms with Gasteiger partial charge in [0.05, 0.1) is 12.9 Å². The first-order valence-corrected chi connectivity index (χ1v) is 10.1. The molecule has 1 aliphatic heterocycles. The van der Waals surface area contributed by atoms with Crippen molar-refractivity contribution in [3.8, 4) is 0 Å². The fourth-order valence-electron chi connectivity index (χ4n) is 3.84. The predicted octanol–water partition coefficient (Wildman–Crippen LogP) is 3.85. The Hall–Kier alpha value is -3.12. The number of fused-ring (bicyclic) bond motifs is 1. The third-order valence-electron chi connectivity index (χ3n) is 5.38. The molecule has 7 heteroatoms. The maximum atomic E-state index is 6.33. The molecule has 0 amide bonds. The van der Waals surface area contributed by atoms with Crippen molar-refractivity contribution in [2.45, 2.75) is 6.54 Å². The van der Waals surface area contributed by atoms with E-state index in [-0.39, 0.29) is 0 Å². The lowest BCUT2D eigenvalue weighted by atomic mass is 10.2. The molecule has 0 spiro atoms. The molecule has 0 N–H and O–H groups in total. The molecule has 0 radical (unpaired) electrons. The molecule has 2 aromatic heterocycles. The van der Waals surface area contributed by atoms with Crippen LogP contribution >= 0.6 is 11.6 Å². The van der Waals surface area contributed by atoms with Gasteiger partial charge in [-0.1, -0.05) is 48.0 Å². The lowest BCUT2D eigenvalue weighted by Crippen LogP contribution is -2.46. The molecule has 1 saturated heterocycles. The second-order valence-electron chi connectivity index (χ2n) is 7.14. The van der Waals surface area contributed by atoms with E-state index in [0.717, 1.165) is 53.7 Å². The van der Waals surface area contributed by atoms with Gasteiger partial charge in [-0.05, 0) is 23.8 Å². The highest BCUT2D eigenvalue weighted by Crippen LogP contribution is 2.25. The summed E-state index contributed by atoms with van der Waals surface area (Å²) < 4.78 is 2.03. The number of aromatic nitrogens is 4. The molecule has 2 aromatic carbocycles. The van der Waals surface area contributed by atoms with Gasteiger partial charge in [-0.3, -0.25) is 0 Å². The zero-order chi connectivity index (χ0) is 19.6. The van der Waals surface area contributed by atoms with Crippen molar-refractivity contribution in [1.29, 1.82) is 0 Å². The molecule has 5 rings (SSSR count). The van der Waals surface area contributed by atoms with Gasteiger partial charge in [-0.15, -0.1) is 0 Å². The van der Waals surface area contributed by atoms with Crippen LogP contribution in [-0.4, -0.2) is 45.7 Å². The topological polar surface area (TPSA) is 50.1 Å². The van der Waals surface area contributed by atoms with Crippen LogP contribution in [0.2, 0.25) is 5.02 Å². The van der Waals surface area contributed by atoms with E-state index in [1.165, 1.54) is 5.69 Å². The number of halogens is 1. The molecule has 0 saturated carbocycles. The van der Waals surface area contributed by atoms with Gasteiger partial charge in [-0.2, -0.15) is 0 Å². The molecule has 0 unspecified atom stereocenters. The van der Waals surface area contributed by atoms with Crippen molar-refractivity contribution in [3.05, 3.63) is 77.8 Å². The molecule has 146 valence electrons. The van der Waals surface area contributed by atoms with Gasteiger partial charge in [0.15, 0.2) is 17.0 Å². The Kier molecular flexibility index (Phi) is 4.77. The average Bonchev–Trinajstić information content (AvgIpc) is 3.19. The quantitative estimate of drug-likeness (QED) is 0.517. The molecule has 0 bridgehead atoms. The predicted molar refractivity (Wildman–Crippen MR) is 117 cm³/mol. The number of hydrogen-bond acceptors (Lipinski definition) is 5. The van der Waals surface area contributed by atoms with E-state index in [9.17, 15) is 0 Å². The second-order valence-corrected chi connectivity index (χ2v) is 7.55. The van der Waals surface area contributed by atoms with Gasteiger partial charge in [-0.25, -0.2) is 15.0 Å². The highest BCUT2D eigenvalue weighted by molar-refractivity contribution is 6.31. The third-order valence-corrected chi connectivity index (χ3v) is 5.75. The first kappa shape index (κ1) is 17.9. The van der Waals surface area contributed by atoms with E-state index in [4.69, 9.17) is 11.6 Å². The monoisotopic (exact) mass is 404 g/mol. The SMILES string of the molecule is Clc1ccccc1Cn1cnc2c(N3CCN(c4ccccc4)CC3)ncnc21. The summed E-state index contributed by atoms with van der Waals surface area (Å²) in [6, 6.07) is 18.4. The van der Waals surface area contributed by atoms with Crippen molar-refractivity contribution < 1.29 is 0 Å². The Balaban J connectivity index is 1.38. The summed E-state index contributed by atoms with van der Waals surface area (Å²) >= 11 is 6.33. The Bertz CT molecular complexity index is 1120. The van der Waals surface area contributed by atoms with Crippen LogP contribution in [-0.2, 0) is 6.54 Å². The molecule has 3 heterocycles. The first-order chi connectivity index (χ1) is 14.3. The first-order valence-electron chi connectivity index (χ1n) is 9.74. The van der Waals surface area contributed by atoms with E-state index in [2.05, 4.69) is 55.1 Å². The fraction of sp³-hybridized carbons (Fsp3) is 0.227. The minimum atomic E-state index is 0.633. The lowest BCUT2D eigenvalue weighted by Gasteiger charge is -2.36. The number of rotatable bonds is 4. The zero-order valence-corrected chi connectivity index (χ0v) is 16.7. The minimum Gasteiger partial charge on any atom is -0.368 e. The maximum absolute atomic E-state index is 6.33. The zero-order valence-electron chi connectivity index (χ0n) is 15.9. The van der Waals surface area contributed by atoms with Gasteiger partial charge in [0, 0.05) is 36.9 Å². The van der Waals surface area contributed by atoms with Crippen molar-refractivity contribution in [1.82, 2.24) is 19.5 Å². The molecule has 0 atom stereocenters. The Morgan fingerprint density at radius 3 is 2.31 bits per heavy atom. The van der Waals surface area contributed by atoms with Crippen molar-refractivity contribution >= 4 is 34.3 Å². The lowest BCUT2D eigenvalue weighted by molar-refractivity contribution is 0.648. The van der Waals surface area contributed by atoms with Crippen molar-refractivity contribution in [2.75, 3.05) is 36.0 Å². The largest absolute Gasteiger partial charge is 0.368 e. The summed E-state index contributed by atoms with van der Waals surface area (Å²) in [7, 11) is 0. The number of imidazole rings is 1. The molecular weight excluding hydrogens is 384 g/mol. The van der Waals surface area contributed by atoms with Crippen LogP contribution < -0.4 is 9.80 Å². The van der Waals surface area contributed by atoms with Crippen molar-refractivity contribution in [3.63, 3.8) is 0 Å². The number of para-hydroxylation sites is 1. The molecule has 29 heavy (non-hydrogen) atoms. The summed E-state index contributed by atoms with van der Waals surface area (Å²) in [6.45, 7) is 4.34. The second kappa shape index (κ2) is 7.72. The molecule has 0 aliphatic carbocycles. The standard InChI is InChI=1S/C22H21ClN6/c23-19-9-5-4-6-17(19)14-29-16-26-20-21(24-15-25-22(20)29)28-12-10-27(11-13-28)18-7-2-1-3-8-18/h1-9,15-16H,10-14H2. The van der Waals surface area contributed by atoms with Gasteiger partial charge in [0.1, 0.15) is 6.33 Å². The van der Waals surface area contributed by atoms with Crippen LogP contribution in [0.25, 0.3) is 11.2 Å². The Labute approximate surface area is 174 Å². The summed E-state index contributed by atoms with van der Waals surface area (Å²) in [5.41, 5.74) is 3.99. The van der Waals surface area contributed by atoms with E-state index in [0.29, 0.717) is 6.54 Å². The summed E-state index contributed by atoms with van der Waals surface area (Å²) in [5.74, 6) is 0.903. The molecule has 1 fully saturated rings. The highest BCUT2D eigenvalue weighted by atomic mass is 35.5. The summed E-state index contributed by atoms with van der Waals surface area (Å²) in [4.78, 5) is 18.4. The Morgan fingerprint density at radius 1 is 0.793 bits per heavy atom. The minimum absolute atomic E-state index is 0.633. The number of anilines is 2. The van der Waals surface area contributed by atoms with Crippen LogP contribution in [0.4, 0.5) is 11.5 Å². The van der Waals surface area contributed by atoms with Crippen LogP contribution in [0.5, 0.6) is 0 Å². The van der Waals surface area contributed by atoms with Crippen LogP contribution in [0.1, 0.15) is 5.56 Å². The van der Waals surface area contributed by atoms with Crippen LogP contribution in [0.3, 0.4) is 0 Å². The number of piperazine rings is 1. The molecule has 4 aromatic rings. The number of hydrogen-bond donors (Lipinski definition) is 0. The Morgan fingerprint density at radius 2 is 1.52 bits per heavy atom. The summed E-state index contributed by atoms with van der Waals surface area (Å²) in [6.07, 6.45) is 3.46.